The Balaban J connectivity index is 2.17. The van der Waals surface area contributed by atoms with E-state index in [-0.39, 0.29) is 12.1 Å². The predicted molar refractivity (Wildman–Crippen MR) is 41.3 cm³/mol. The zero-order valence-electron chi connectivity index (χ0n) is 6.40. The minimum Gasteiger partial charge on any atom is -0.465 e. The van der Waals surface area contributed by atoms with E-state index in [1.807, 2.05) is 0 Å². The summed E-state index contributed by atoms with van der Waals surface area (Å²) in [6.07, 6.45) is 5.25. The molecule has 3 nitrogen and oxygen atoms in total. The van der Waals surface area contributed by atoms with E-state index in [0.29, 0.717) is 12.2 Å². The van der Waals surface area contributed by atoms with Gasteiger partial charge in [-0.05, 0) is 12.1 Å². The Kier molecular flexibility index (Phi) is 1.70. The van der Waals surface area contributed by atoms with Gasteiger partial charge in [-0.15, -0.1) is 0 Å². The highest BCUT2D eigenvalue weighted by Crippen LogP contribution is 2.24. The molecule has 12 heavy (non-hydrogen) atoms. The van der Waals surface area contributed by atoms with Crippen LogP contribution in [0, 0.1) is 0 Å². The first-order valence-corrected chi connectivity index (χ1v) is 3.77. The fraction of sp³-hybridized carbons (Fsp3) is 0.222. The quantitative estimate of drug-likeness (QED) is 0.594. The highest BCUT2D eigenvalue weighted by atomic mass is 16.6. The lowest BCUT2D eigenvalue weighted by Crippen LogP contribution is -2.11. The summed E-state index contributed by atoms with van der Waals surface area (Å²) in [6, 6.07) is 3.58. The van der Waals surface area contributed by atoms with Crippen molar-refractivity contribution < 1.29 is 13.9 Å². The number of carbonyl (C=O) groups is 1. The maximum absolute atomic E-state index is 10.8. The van der Waals surface area contributed by atoms with E-state index in [0.717, 1.165) is 0 Å². The van der Waals surface area contributed by atoms with E-state index < -0.39 is 0 Å². The molecule has 0 N–H and O–H groups in total. The molecule has 0 bridgehead atoms. The van der Waals surface area contributed by atoms with Crippen molar-refractivity contribution in [2.75, 3.05) is 0 Å². The van der Waals surface area contributed by atoms with Crippen LogP contribution in [0.2, 0.25) is 0 Å². The molecule has 3 heteroatoms. The predicted octanol–water partition coefficient (Wildman–Crippen LogP) is 1.82. The summed E-state index contributed by atoms with van der Waals surface area (Å²) in [5, 5.41) is 0. The zero-order valence-corrected chi connectivity index (χ0v) is 6.40. The Hall–Kier alpha value is -1.51. The number of hydrogen-bond acceptors (Lipinski definition) is 3. The van der Waals surface area contributed by atoms with Crippen LogP contribution in [0.5, 0.6) is 0 Å². The van der Waals surface area contributed by atoms with Gasteiger partial charge in [0.1, 0.15) is 5.76 Å². The SMILES string of the molecule is O=C1C=CCC(c2ccco2)O1. The minimum atomic E-state index is -0.303. The molecular weight excluding hydrogens is 156 g/mol. The largest absolute Gasteiger partial charge is 0.465 e. The molecule has 2 rings (SSSR count). The van der Waals surface area contributed by atoms with Gasteiger partial charge in [-0.25, -0.2) is 4.79 Å². The average Bonchev–Trinajstić information content (AvgIpc) is 2.56. The number of hydrogen-bond donors (Lipinski definition) is 0. The molecule has 0 radical (unpaired) electrons. The van der Waals surface area contributed by atoms with E-state index in [4.69, 9.17) is 9.15 Å². The van der Waals surface area contributed by atoms with E-state index in [1.54, 1.807) is 24.5 Å². The van der Waals surface area contributed by atoms with Gasteiger partial charge in [-0.2, -0.15) is 0 Å². The van der Waals surface area contributed by atoms with Crippen molar-refractivity contribution in [2.45, 2.75) is 12.5 Å². The van der Waals surface area contributed by atoms with Crippen molar-refractivity contribution in [3.8, 4) is 0 Å². The molecule has 1 aliphatic rings. The molecule has 0 saturated carbocycles. The van der Waals surface area contributed by atoms with Gasteiger partial charge >= 0.3 is 5.97 Å². The summed E-state index contributed by atoms with van der Waals surface area (Å²) >= 11 is 0. The molecule has 0 spiro atoms. The Bertz CT molecular complexity index is 298. The van der Waals surface area contributed by atoms with Gasteiger partial charge in [0, 0.05) is 12.5 Å². The van der Waals surface area contributed by atoms with Crippen LogP contribution < -0.4 is 0 Å². The van der Waals surface area contributed by atoms with Gasteiger partial charge in [0.25, 0.3) is 0 Å². The van der Waals surface area contributed by atoms with Crippen LogP contribution in [0.3, 0.4) is 0 Å². The number of furan rings is 1. The summed E-state index contributed by atoms with van der Waals surface area (Å²) < 4.78 is 10.1. The smallest absolute Gasteiger partial charge is 0.331 e. The second-order valence-corrected chi connectivity index (χ2v) is 2.58. The fourth-order valence-corrected chi connectivity index (χ4v) is 1.16. The molecular formula is C9H8O3. The van der Waals surface area contributed by atoms with Crippen molar-refractivity contribution in [1.29, 1.82) is 0 Å². The first kappa shape index (κ1) is 7.16. The highest BCUT2D eigenvalue weighted by molar-refractivity contribution is 5.82. The van der Waals surface area contributed by atoms with Gasteiger partial charge in [0.2, 0.25) is 0 Å². The number of esters is 1. The van der Waals surface area contributed by atoms with E-state index >= 15 is 0 Å². The van der Waals surface area contributed by atoms with Crippen molar-refractivity contribution in [3.05, 3.63) is 36.3 Å². The molecule has 0 aliphatic carbocycles. The monoisotopic (exact) mass is 164 g/mol. The number of ether oxygens (including phenoxy) is 1. The second kappa shape index (κ2) is 2.85. The molecule has 1 unspecified atom stereocenters. The Morgan fingerprint density at radius 1 is 1.50 bits per heavy atom. The van der Waals surface area contributed by atoms with Crippen LogP contribution in [0.1, 0.15) is 18.3 Å². The lowest BCUT2D eigenvalue weighted by molar-refractivity contribution is -0.145. The third kappa shape index (κ3) is 1.25. The summed E-state index contributed by atoms with van der Waals surface area (Å²) in [6.45, 7) is 0. The van der Waals surface area contributed by atoms with E-state index in [2.05, 4.69) is 0 Å². The maximum Gasteiger partial charge on any atom is 0.331 e. The average molecular weight is 164 g/mol. The van der Waals surface area contributed by atoms with Crippen LogP contribution in [0.15, 0.2) is 35.0 Å². The van der Waals surface area contributed by atoms with Crippen LogP contribution in [-0.2, 0) is 9.53 Å². The summed E-state index contributed by atoms with van der Waals surface area (Å²) in [7, 11) is 0. The van der Waals surface area contributed by atoms with Gasteiger partial charge in [-0.1, -0.05) is 6.08 Å². The molecule has 0 aromatic carbocycles. The van der Waals surface area contributed by atoms with Gasteiger partial charge < -0.3 is 9.15 Å². The summed E-state index contributed by atoms with van der Waals surface area (Å²) in [5.41, 5.74) is 0. The number of carbonyl (C=O) groups excluding carboxylic acids is 1. The van der Waals surface area contributed by atoms with Crippen LogP contribution in [0.25, 0.3) is 0 Å². The zero-order chi connectivity index (χ0) is 8.39. The molecule has 2 heterocycles. The van der Waals surface area contributed by atoms with Crippen molar-refractivity contribution in [2.24, 2.45) is 0 Å². The van der Waals surface area contributed by atoms with Crippen LogP contribution >= 0.6 is 0 Å². The lowest BCUT2D eigenvalue weighted by atomic mass is 10.1. The summed E-state index contributed by atoms with van der Waals surface area (Å²) in [4.78, 5) is 10.8. The molecule has 0 saturated heterocycles. The van der Waals surface area contributed by atoms with Crippen LogP contribution in [0.4, 0.5) is 0 Å². The first-order valence-electron chi connectivity index (χ1n) is 3.77. The van der Waals surface area contributed by atoms with Gasteiger partial charge in [0.15, 0.2) is 6.10 Å². The molecule has 62 valence electrons. The molecule has 0 amide bonds. The highest BCUT2D eigenvalue weighted by Gasteiger charge is 2.19. The Labute approximate surface area is 69.6 Å². The van der Waals surface area contributed by atoms with E-state index in [9.17, 15) is 4.79 Å². The van der Waals surface area contributed by atoms with Crippen molar-refractivity contribution >= 4 is 5.97 Å². The standard InChI is InChI=1S/C9H8O3/c10-9-5-1-3-8(12-9)7-4-2-6-11-7/h1-2,4-6,8H,3H2. The van der Waals surface area contributed by atoms with Gasteiger partial charge in [0.05, 0.1) is 6.26 Å². The molecule has 1 aromatic heterocycles. The van der Waals surface area contributed by atoms with Crippen molar-refractivity contribution in [3.63, 3.8) is 0 Å². The molecule has 1 aromatic rings. The topological polar surface area (TPSA) is 39.4 Å². The third-order valence-corrected chi connectivity index (χ3v) is 1.72. The third-order valence-electron chi connectivity index (χ3n) is 1.72. The first-order chi connectivity index (χ1) is 5.86. The fourth-order valence-electron chi connectivity index (χ4n) is 1.16. The maximum atomic E-state index is 10.8. The Morgan fingerprint density at radius 2 is 2.42 bits per heavy atom. The van der Waals surface area contributed by atoms with Crippen molar-refractivity contribution in [1.82, 2.24) is 0 Å². The van der Waals surface area contributed by atoms with E-state index in [1.165, 1.54) is 6.08 Å². The number of cyclic esters (lactones) is 1. The molecule has 1 aliphatic heterocycles. The second-order valence-electron chi connectivity index (χ2n) is 2.58. The minimum absolute atomic E-state index is 0.238. The lowest BCUT2D eigenvalue weighted by Gasteiger charge is -2.15. The summed E-state index contributed by atoms with van der Waals surface area (Å²) in [5.74, 6) is 0.398. The van der Waals surface area contributed by atoms with Crippen LogP contribution in [-0.4, -0.2) is 5.97 Å². The molecule has 1 atom stereocenters. The van der Waals surface area contributed by atoms with Gasteiger partial charge in [-0.3, -0.25) is 0 Å². The Morgan fingerprint density at radius 3 is 3.08 bits per heavy atom. The molecule has 0 fully saturated rings. The number of rotatable bonds is 1. The normalized spacial score (nSPS) is 22.3.